The van der Waals surface area contributed by atoms with E-state index in [9.17, 15) is 9.18 Å². The molecule has 0 aliphatic carbocycles. The lowest BCUT2D eigenvalue weighted by Crippen LogP contribution is -2.15. The summed E-state index contributed by atoms with van der Waals surface area (Å²) in [5.74, 6) is 0.0202. The van der Waals surface area contributed by atoms with Crippen LogP contribution in [0.1, 0.15) is 16.7 Å². The summed E-state index contributed by atoms with van der Waals surface area (Å²) in [5, 5.41) is 6.00. The van der Waals surface area contributed by atoms with E-state index in [1.165, 1.54) is 11.6 Å². The number of hydrogen-bond acceptors (Lipinski definition) is 3. The van der Waals surface area contributed by atoms with E-state index in [-0.39, 0.29) is 18.1 Å². The molecule has 5 heteroatoms. The first kappa shape index (κ1) is 17.6. The van der Waals surface area contributed by atoms with E-state index in [0.29, 0.717) is 17.1 Å². The third-order valence-electron chi connectivity index (χ3n) is 4.22. The molecular weight excluding hydrogens is 329 g/mol. The fourth-order valence-electron chi connectivity index (χ4n) is 2.59. The Labute approximate surface area is 152 Å². The van der Waals surface area contributed by atoms with Crippen molar-refractivity contribution >= 4 is 23.1 Å². The van der Waals surface area contributed by atoms with Crippen molar-refractivity contribution in [2.45, 2.75) is 20.3 Å². The third-order valence-corrected chi connectivity index (χ3v) is 4.22. The fraction of sp³-hybridized carbons (Fsp3) is 0.143. The maximum atomic E-state index is 13.6. The van der Waals surface area contributed by atoms with Crippen molar-refractivity contribution in [1.82, 2.24) is 4.98 Å². The van der Waals surface area contributed by atoms with Crippen molar-refractivity contribution in [3.8, 4) is 0 Å². The van der Waals surface area contributed by atoms with Crippen LogP contribution in [-0.2, 0) is 11.2 Å². The zero-order valence-electron chi connectivity index (χ0n) is 14.7. The summed E-state index contributed by atoms with van der Waals surface area (Å²) in [7, 11) is 0. The number of anilines is 3. The van der Waals surface area contributed by atoms with Gasteiger partial charge in [0.25, 0.3) is 0 Å². The summed E-state index contributed by atoms with van der Waals surface area (Å²) in [6.07, 6.45) is 1.56. The number of nitrogens with zero attached hydrogens (tertiary/aromatic N) is 1. The molecule has 0 spiro atoms. The zero-order valence-corrected chi connectivity index (χ0v) is 14.7. The second kappa shape index (κ2) is 7.78. The van der Waals surface area contributed by atoms with Crippen molar-refractivity contribution in [2.24, 2.45) is 0 Å². The fourth-order valence-corrected chi connectivity index (χ4v) is 2.59. The highest BCUT2D eigenvalue weighted by Crippen LogP contribution is 2.22. The van der Waals surface area contributed by atoms with E-state index in [2.05, 4.69) is 35.5 Å². The highest BCUT2D eigenvalue weighted by molar-refractivity contribution is 5.92. The molecule has 0 saturated carbocycles. The first-order valence-electron chi connectivity index (χ1n) is 8.35. The van der Waals surface area contributed by atoms with Gasteiger partial charge in [0, 0.05) is 5.69 Å². The van der Waals surface area contributed by atoms with Crippen LogP contribution in [0.4, 0.5) is 21.6 Å². The smallest absolute Gasteiger partial charge is 0.228 e. The second-order valence-electron chi connectivity index (χ2n) is 6.12. The Morgan fingerprint density at radius 1 is 1.04 bits per heavy atom. The SMILES string of the molecule is Cc1cccc(Nc2ccc(NC(=O)Cc3ccccc3F)cn2)c1C. The molecule has 0 atom stereocenters. The average Bonchev–Trinajstić information content (AvgIpc) is 2.62. The van der Waals surface area contributed by atoms with Crippen LogP contribution in [0.3, 0.4) is 0 Å². The number of pyridine rings is 1. The Balaban J connectivity index is 1.63. The highest BCUT2D eigenvalue weighted by atomic mass is 19.1. The van der Waals surface area contributed by atoms with Gasteiger partial charge in [-0.25, -0.2) is 9.37 Å². The zero-order chi connectivity index (χ0) is 18.5. The molecule has 0 bridgehead atoms. The molecule has 0 saturated heterocycles. The van der Waals surface area contributed by atoms with Crippen LogP contribution in [-0.4, -0.2) is 10.9 Å². The molecular formula is C21H20FN3O. The molecule has 0 fully saturated rings. The molecule has 3 aromatic rings. The van der Waals surface area contributed by atoms with Gasteiger partial charge in [-0.3, -0.25) is 4.79 Å². The van der Waals surface area contributed by atoms with Crippen molar-refractivity contribution in [1.29, 1.82) is 0 Å². The van der Waals surface area contributed by atoms with Gasteiger partial charge in [-0.2, -0.15) is 0 Å². The summed E-state index contributed by atoms with van der Waals surface area (Å²) in [5.41, 5.74) is 4.29. The van der Waals surface area contributed by atoms with Gasteiger partial charge in [0.05, 0.1) is 18.3 Å². The Morgan fingerprint density at radius 3 is 2.58 bits per heavy atom. The predicted octanol–water partition coefficient (Wildman–Crippen LogP) is 4.76. The number of hydrogen-bond donors (Lipinski definition) is 2. The van der Waals surface area contributed by atoms with Gasteiger partial charge in [-0.1, -0.05) is 30.3 Å². The Kier molecular flexibility index (Phi) is 5.27. The predicted molar refractivity (Wildman–Crippen MR) is 102 cm³/mol. The number of aromatic nitrogens is 1. The van der Waals surface area contributed by atoms with E-state index in [0.717, 1.165) is 11.3 Å². The molecule has 0 unspecified atom stereocenters. The molecule has 2 aromatic carbocycles. The normalized spacial score (nSPS) is 10.4. The molecule has 0 aliphatic heterocycles. The molecule has 1 amide bonds. The molecule has 132 valence electrons. The number of carbonyl (C=O) groups is 1. The first-order chi connectivity index (χ1) is 12.5. The number of rotatable bonds is 5. The topological polar surface area (TPSA) is 54.0 Å². The number of benzene rings is 2. The standard InChI is InChI=1S/C21H20FN3O/c1-14-6-5-9-19(15(14)2)25-20-11-10-17(13-23-20)24-21(26)12-16-7-3-4-8-18(16)22/h3-11,13H,12H2,1-2H3,(H,23,25)(H,24,26). The van der Waals surface area contributed by atoms with Crippen LogP contribution in [0.15, 0.2) is 60.8 Å². The summed E-state index contributed by atoms with van der Waals surface area (Å²) in [6.45, 7) is 4.11. The average molecular weight is 349 g/mol. The Morgan fingerprint density at radius 2 is 1.85 bits per heavy atom. The maximum Gasteiger partial charge on any atom is 0.228 e. The van der Waals surface area contributed by atoms with Crippen LogP contribution in [0, 0.1) is 19.7 Å². The van der Waals surface area contributed by atoms with Crippen LogP contribution in [0.5, 0.6) is 0 Å². The molecule has 2 N–H and O–H groups in total. The van der Waals surface area contributed by atoms with Gasteiger partial charge in [0.1, 0.15) is 11.6 Å². The van der Waals surface area contributed by atoms with Gasteiger partial charge < -0.3 is 10.6 Å². The molecule has 1 heterocycles. The van der Waals surface area contributed by atoms with Gasteiger partial charge >= 0.3 is 0 Å². The van der Waals surface area contributed by atoms with Crippen LogP contribution < -0.4 is 10.6 Å². The number of amides is 1. The Hall–Kier alpha value is -3.21. The monoisotopic (exact) mass is 349 g/mol. The largest absolute Gasteiger partial charge is 0.340 e. The molecule has 0 aliphatic rings. The number of aryl methyl sites for hydroxylation is 1. The quantitative estimate of drug-likeness (QED) is 0.698. The third kappa shape index (κ3) is 4.25. The molecule has 26 heavy (non-hydrogen) atoms. The van der Waals surface area contributed by atoms with E-state index in [1.54, 1.807) is 36.5 Å². The van der Waals surface area contributed by atoms with E-state index in [1.807, 2.05) is 12.1 Å². The van der Waals surface area contributed by atoms with Gasteiger partial charge in [-0.05, 0) is 54.8 Å². The molecule has 0 radical (unpaired) electrons. The van der Waals surface area contributed by atoms with Crippen molar-refractivity contribution in [2.75, 3.05) is 10.6 Å². The van der Waals surface area contributed by atoms with E-state index in [4.69, 9.17) is 0 Å². The lowest BCUT2D eigenvalue weighted by molar-refractivity contribution is -0.115. The van der Waals surface area contributed by atoms with Crippen LogP contribution in [0.25, 0.3) is 0 Å². The Bertz CT molecular complexity index is 923. The lowest BCUT2D eigenvalue weighted by Gasteiger charge is -2.11. The first-order valence-corrected chi connectivity index (χ1v) is 8.35. The van der Waals surface area contributed by atoms with Crippen LogP contribution in [0.2, 0.25) is 0 Å². The number of halogens is 1. The van der Waals surface area contributed by atoms with Gasteiger partial charge in [0.2, 0.25) is 5.91 Å². The van der Waals surface area contributed by atoms with Crippen molar-refractivity contribution < 1.29 is 9.18 Å². The van der Waals surface area contributed by atoms with Gasteiger partial charge in [0.15, 0.2) is 0 Å². The summed E-state index contributed by atoms with van der Waals surface area (Å²) >= 11 is 0. The number of nitrogens with one attached hydrogen (secondary N) is 2. The highest BCUT2D eigenvalue weighted by Gasteiger charge is 2.08. The molecule has 4 nitrogen and oxygen atoms in total. The number of carbonyl (C=O) groups excluding carboxylic acids is 1. The molecule has 3 rings (SSSR count). The molecule has 1 aromatic heterocycles. The minimum atomic E-state index is -0.381. The van der Waals surface area contributed by atoms with E-state index >= 15 is 0 Å². The van der Waals surface area contributed by atoms with Crippen LogP contribution >= 0.6 is 0 Å². The maximum absolute atomic E-state index is 13.6. The van der Waals surface area contributed by atoms with E-state index < -0.39 is 0 Å². The summed E-state index contributed by atoms with van der Waals surface area (Å²) < 4.78 is 13.6. The second-order valence-corrected chi connectivity index (χ2v) is 6.12. The van der Waals surface area contributed by atoms with Gasteiger partial charge in [-0.15, -0.1) is 0 Å². The summed E-state index contributed by atoms with van der Waals surface area (Å²) in [4.78, 5) is 16.4. The minimum absolute atomic E-state index is 0.0187. The van der Waals surface area contributed by atoms with Crippen molar-refractivity contribution in [3.63, 3.8) is 0 Å². The summed E-state index contributed by atoms with van der Waals surface area (Å²) in [6, 6.07) is 15.9. The minimum Gasteiger partial charge on any atom is -0.340 e. The van der Waals surface area contributed by atoms with Crippen molar-refractivity contribution in [3.05, 3.63) is 83.3 Å². The lowest BCUT2D eigenvalue weighted by atomic mass is 10.1.